The quantitative estimate of drug-likeness (QED) is 0.931. The van der Waals surface area contributed by atoms with Gasteiger partial charge in [0.15, 0.2) is 0 Å². The maximum absolute atomic E-state index is 11.2. The molecule has 4 heteroatoms. The average Bonchev–Trinajstić information content (AvgIpc) is 2.99. The second-order valence-corrected chi connectivity index (χ2v) is 5.63. The number of rotatable bonds is 3. The lowest BCUT2D eigenvalue weighted by atomic mass is 10.0. The van der Waals surface area contributed by atoms with E-state index in [1.807, 2.05) is 13.8 Å². The molecule has 1 N–H and O–H groups in total. The average molecular weight is 273 g/mol. The van der Waals surface area contributed by atoms with Gasteiger partial charge in [-0.15, -0.1) is 0 Å². The van der Waals surface area contributed by atoms with Crippen LogP contribution in [0.5, 0.6) is 0 Å². The molecule has 1 aromatic heterocycles. The van der Waals surface area contributed by atoms with Crippen molar-refractivity contribution in [1.29, 1.82) is 0 Å². The summed E-state index contributed by atoms with van der Waals surface area (Å²) in [5.41, 5.74) is 3.66. The van der Waals surface area contributed by atoms with Crippen LogP contribution in [0.15, 0.2) is 16.5 Å². The Labute approximate surface area is 118 Å². The van der Waals surface area contributed by atoms with Gasteiger partial charge in [0.25, 0.3) is 0 Å². The van der Waals surface area contributed by atoms with Gasteiger partial charge in [-0.1, -0.05) is 6.07 Å². The van der Waals surface area contributed by atoms with E-state index < -0.39 is 5.97 Å². The molecule has 0 atom stereocenters. The third kappa shape index (κ3) is 2.20. The first kappa shape index (κ1) is 13.2. The number of hydrogen-bond donors (Lipinski definition) is 1. The lowest BCUT2D eigenvalue weighted by Crippen LogP contribution is -2.18. The number of hydrogen-bond acceptors (Lipinski definition) is 3. The highest BCUT2D eigenvalue weighted by molar-refractivity contribution is 5.96. The topological polar surface area (TPSA) is 53.7 Å². The van der Waals surface area contributed by atoms with Crippen LogP contribution < -0.4 is 0 Å². The summed E-state index contributed by atoms with van der Waals surface area (Å²) < 4.78 is 5.50. The van der Waals surface area contributed by atoms with Crippen LogP contribution >= 0.6 is 0 Å². The van der Waals surface area contributed by atoms with Crippen LogP contribution in [0, 0.1) is 13.8 Å². The van der Waals surface area contributed by atoms with Crippen LogP contribution in [-0.4, -0.2) is 29.1 Å². The van der Waals surface area contributed by atoms with Crippen molar-refractivity contribution < 1.29 is 14.3 Å². The molecule has 1 fully saturated rings. The van der Waals surface area contributed by atoms with Crippen molar-refractivity contribution in [1.82, 2.24) is 4.90 Å². The fraction of sp³-hybridized carbons (Fsp3) is 0.438. The molecule has 0 unspecified atom stereocenters. The number of likely N-dealkylation sites (tertiary alicyclic amines) is 1. The molecule has 106 valence electrons. The van der Waals surface area contributed by atoms with E-state index in [4.69, 9.17) is 9.52 Å². The van der Waals surface area contributed by atoms with Crippen molar-refractivity contribution in [3.05, 3.63) is 34.6 Å². The molecule has 0 aliphatic carbocycles. The number of carboxylic acids is 1. The van der Waals surface area contributed by atoms with Crippen molar-refractivity contribution in [3.8, 4) is 0 Å². The summed E-state index contributed by atoms with van der Waals surface area (Å²) in [6.45, 7) is 7.03. The van der Waals surface area contributed by atoms with Crippen LogP contribution in [-0.2, 0) is 6.54 Å². The van der Waals surface area contributed by atoms with Crippen LogP contribution in [0.3, 0.4) is 0 Å². The predicted molar refractivity (Wildman–Crippen MR) is 77.2 cm³/mol. The zero-order valence-electron chi connectivity index (χ0n) is 11.9. The smallest absolute Gasteiger partial charge is 0.372 e. The summed E-state index contributed by atoms with van der Waals surface area (Å²) in [5.74, 6) is -0.944. The van der Waals surface area contributed by atoms with Crippen LogP contribution in [0.1, 0.15) is 40.1 Å². The molecule has 2 aromatic rings. The van der Waals surface area contributed by atoms with Gasteiger partial charge in [0.1, 0.15) is 5.58 Å². The summed E-state index contributed by atoms with van der Waals surface area (Å²) in [5, 5.41) is 10.1. The van der Waals surface area contributed by atoms with Crippen molar-refractivity contribution in [2.75, 3.05) is 13.1 Å². The number of carbonyl (C=O) groups is 1. The second kappa shape index (κ2) is 4.94. The minimum Gasteiger partial charge on any atom is -0.475 e. The first-order valence-corrected chi connectivity index (χ1v) is 7.04. The van der Waals surface area contributed by atoms with Crippen LogP contribution in [0.2, 0.25) is 0 Å². The van der Waals surface area contributed by atoms with Gasteiger partial charge in [0.2, 0.25) is 5.76 Å². The summed E-state index contributed by atoms with van der Waals surface area (Å²) in [6.07, 6.45) is 2.55. The lowest BCUT2D eigenvalue weighted by molar-refractivity contribution is 0.0664. The third-order valence-electron chi connectivity index (χ3n) is 4.08. The summed E-state index contributed by atoms with van der Waals surface area (Å²) in [4.78, 5) is 13.6. The number of aromatic carboxylic acids is 1. The van der Waals surface area contributed by atoms with Gasteiger partial charge in [0.05, 0.1) is 0 Å². The fourth-order valence-electron chi connectivity index (χ4n) is 3.06. The van der Waals surface area contributed by atoms with Crippen molar-refractivity contribution in [3.63, 3.8) is 0 Å². The Morgan fingerprint density at radius 3 is 2.65 bits per heavy atom. The van der Waals surface area contributed by atoms with E-state index in [-0.39, 0.29) is 5.76 Å². The van der Waals surface area contributed by atoms with Crippen LogP contribution in [0.25, 0.3) is 11.0 Å². The molecule has 0 amide bonds. The van der Waals surface area contributed by atoms with Gasteiger partial charge < -0.3 is 9.52 Å². The molecule has 1 saturated heterocycles. The van der Waals surface area contributed by atoms with E-state index in [0.29, 0.717) is 5.58 Å². The molecule has 20 heavy (non-hydrogen) atoms. The Hall–Kier alpha value is -1.81. The molecule has 1 aliphatic rings. The third-order valence-corrected chi connectivity index (χ3v) is 4.08. The summed E-state index contributed by atoms with van der Waals surface area (Å²) in [6, 6.07) is 4.18. The van der Waals surface area contributed by atoms with Crippen molar-refractivity contribution in [2.45, 2.75) is 33.2 Å². The van der Waals surface area contributed by atoms with Gasteiger partial charge >= 0.3 is 5.97 Å². The molecule has 4 nitrogen and oxygen atoms in total. The van der Waals surface area contributed by atoms with Gasteiger partial charge in [-0.2, -0.15) is 0 Å². The van der Waals surface area contributed by atoms with E-state index in [1.165, 1.54) is 18.4 Å². The van der Waals surface area contributed by atoms with E-state index in [0.717, 1.165) is 36.1 Å². The number of fused-ring (bicyclic) bond motifs is 1. The number of nitrogens with zero attached hydrogens (tertiary/aromatic N) is 1. The SMILES string of the molecule is Cc1c(C(=O)O)oc2c(C)cc(CN3CCCC3)cc12. The number of benzene rings is 1. The zero-order chi connectivity index (χ0) is 14.3. The molecule has 0 spiro atoms. The van der Waals surface area contributed by atoms with E-state index in [1.54, 1.807) is 0 Å². The second-order valence-electron chi connectivity index (χ2n) is 5.63. The standard InChI is InChI=1S/C16H19NO3/c1-10-7-12(9-17-5-3-4-6-17)8-13-11(2)15(16(18)19)20-14(10)13/h7-8H,3-6,9H2,1-2H3,(H,18,19). The number of furan rings is 1. The Morgan fingerprint density at radius 2 is 2.00 bits per heavy atom. The van der Waals surface area contributed by atoms with Crippen molar-refractivity contribution in [2.24, 2.45) is 0 Å². The first-order valence-electron chi connectivity index (χ1n) is 7.04. The Balaban J connectivity index is 2.03. The zero-order valence-corrected chi connectivity index (χ0v) is 11.9. The minimum atomic E-state index is -1.00. The summed E-state index contributed by atoms with van der Waals surface area (Å²) in [7, 11) is 0. The molecule has 1 aliphatic heterocycles. The fourth-order valence-corrected chi connectivity index (χ4v) is 3.06. The molecule has 0 saturated carbocycles. The maximum Gasteiger partial charge on any atom is 0.372 e. The minimum absolute atomic E-state index is 0.0569. The highest BCUT2D eigenvalue weighted by Crippen LogP contribution is 2.30. The monoisotopic (exact) mass is 273 g/mol. The van der Waals surface area contributed by atoms with Crippen LogP contribution in [0.4, 0.5) is 0 Å². The summed E-state index contributed by atoms with van der Waals surface area (Å²) >= 11 is 0. The first-order chi connectivity index (χ1) is 9.56. The lowest BCUT2D eigenvalue weighted by Gasteiger charge is -2.15. The van der Waals surface area contributed by atoms with Gasteiger partial charge in [-0.3, -0.25) is 4.90 Å². The molecule has 0 bridgehead atoms. The van der Waals surface area contributed by atoms with E-state index in [9.17, 15) is 4.79 Å². The molecule has 2 heterocycles. The van der Waals surface area contributed by atoms with Crippen molar-refractivity contribution >= 4 is 16.9 Å². The molecular weight excluding hydrogens is 254 g/mol. The van der Waals surface area contributed by atoms with E-state index in [2.05, 4.69) is 17.0 Å². The molecule has 3 rings (SSSR count). The largest absolute Gasteiger partial charge is 0.475 e. The normalized spacial score (nSPS) is 16.1. The van der Waals surface area contributed by atoms with Gasteiger partial charge in [0, 0.05) is 17.5 Å². The highest BCUT2D eigenvalue weighted by atomic mass is 16.4. The van der Waals surface area contributed by atoms with E-state index >= 15 is 0 Å². The molecular formula is C16H19NO3. The Morgan fingerprint density at radius 1 is 1.30 bits per heavy atom. The molecule has 0 radical (unpaired) electrons. The van der Waals surface area contributed by atoms with Gasteiger partial charge in [-0.05, 0) is 57.0 Å². The number of aryl methyl sites for hydroxylation is 2. The number of carboxylic acid groups (broad SMARTS) is 1. The Bertz CT molecular complexity index is 666. The maximum atomic E-state index is 11.2. The predicted octanol–water partition coefficient (Wildman–Crippen LogP) is 3.34. The highest BCUT2D eigenvalue weighted by Gasteiger charge is 2.19. The molecule has 1 aromatic carbocycles. The van der Waals surface area contributed by atoms with Gasteiger partial charge in [-0.25, -0.2) is 4.79 Å². The Kier molecular flexibility index (Phi) is 3.26.